The third kappa shape index (κ3) is 4.23. The smallest absolute Gasteiger partial charge is 0.264 e. The Bertz CT molecular complexity index is 1290. The zero-order valence-corrected chi connectivity index (χ0v) is 19.5. The molecule has 0 spiro atoms. The summed E-state index contributed by atoms with van der Waals surface area (Å²) >= 11 is 6.36. The second kappa shape index (κ2) is 8.56. The first kappa shape index (κ1) is 22.3. The summed E-state index contributed by atoms with van der Waals surface area (Å²) in [6.45, 7) is 5.82. The molecule has 0 N–H and O–H groups in total. The minimum atomic E-state index is -3.39. The van der Waals surface area contributed by atoms with Gasteiger partial charge in [-0.3, -0.25) is 4.79 Å². The Labute approximate surface area is 192 Å². The molecule has 3 aromatic rings. The fourth-order valence-corrected chi connectivity index (χ4v) is 5.27. The van der Waals surface area contributed by atoms with Crippen molar-refractivity contribution in [2.75, 3.05) is 10.7 Å². The van der Waals surface area contributed by atoms with E-state index in [4.69, 9.17) is 16.1 Å². The van der Waals surface area contributed by atoms with Crippen LogP contribution in [-0.4, -0.2) is 31.3 Å². The number of aromatic nitrogens is 1. The second-order valence-electron chi connectivity index (χ2n) is 8.09. The maximum Gasteiger partial charge on any atom is 0.264 e. The minimum absolute atomic E-state index is 0.184. The number of hydrogen-bond acceptors (Lipinski definition) is 5. The van der Waals surface area contributed by atoms with Crippen LogP contribution in [0.15, 0.2) is 64.5 Å². The summed E-state index contributed by atoms with van der Waals surface area (Å²) < 4.78 is 29.7. The number of aryl methyl sites for hydroxylation is 1. The molecule has 0 saturated heterocycles. The van der Waals surface area contributed by atoms with Crippen LogP contribution in [0, 0.1) is 6.92 Å². The van der Waals surface area contributed by atoms with Crippen LogP contribution in [0.3, 0.4) is 0 Å². The molecule has 1 aromatic heterocycles. The molecule has 1 atom stereocenters. The number of hydrogen-bond donors (Lipinski definition) is 0. The molecule has 0 fully saturated rings. The van der Waals surface area contributed by atoms with Crippen LogP contribution in [0.25, 0.3) is 11.3 Å². The number of anilines is 1. The lowest BCUT2D eigenvalue weighted by molar-refractivity contribution is 0.0982. The van der Waals surface area contributed by atoms with Crippen LogP contribution in [0.4, 0.5) is 5.69 Å². The van der Waals surface area contributed by atoms with Gasteiger partial charge in [-0.25, -0.2) is 8.42 Å². The number of nitrogens with zero attached hydrogens (tertiary/aromatic N) is 2. The first-order valence-electron chi connectivity index (χ1n) is 10.2. The van der Waals surface area contributed by atoms with Crippen molar-refractivity contribution in [3.05, 3.63) is 81.9 Å². The zero-order valence-electron chi connectivity index (χ0n) is 17.9. The normalized spacial score (nSPS) is 17.1. The van der Waals surface area contributed by atoms with Crippen molar-refractivity contribution < 1.29 is 17.7 Å². The molecule has 0 bridgehead atoms. The second-order valence-corrected chi connectivity index (χ2v) is 10.4. The Morgan fingerprint density at radius 2 is 1.84 bits per heavy atom. The Morgan fingerprint density at radius 1 is 1.16 bits per heavy atom. The largest absolute Gasteiger partial charge is 0.360 e. The average molecular weight is 471 g/mol. The molecule has 2 heterocycles. The summed E-state index contributed by atoms with van der Waals surface area (Å²) in [7, 11) is -3.39. The molecule has 1 aliphatic rings. The molecule has 4 rings (SSSR count). The monoisotopic (exact) mass is 470 g/mol. The number of amides is 1. The van der Waals surface area contributed by atoms with Gasteiger partial charge in [-0.1, -0.05) is 60.9 Å². The van der Waals surface area contributed by atoms with Crippen LogP contribution in [0.2, 0.25) is 5.02 Å². The van der Waals surface area contributed by atoms with Gasteiger partial charge < -0.3 is 9.42 Å². The minimum Gasteiger partial charge on any atom is -0.360 e. The standard InChI is InChI=1S/C24H23ClN2O4S/c1-15(2)17-8-10-18(11-9-17)27(19-12-13-32(29,30)14-19)24(28)22-16(3)31-26-23(22)20-6-4-5-7-21(20)25/h4-13,15,19H,14H2,1-3H3. The lowest BCUT2D eigenvalue weighted by Crippen LogP contribution is -2.41. The van der Waals surface area contributed by atoms with Gasteiger partial charge >= 0.3 is 0 Å². The quantitative estimate of drug-likeness (QED) is 0.499. The Kier molecular flexibility index (Phi) is 5.97. The number of carbonyl (C=O) groups excluding carboxylic acids is 1. The van der Waals surface area contributed by atoms with Crippen LogP contribution in [0.1, 0.15) is 41.4 Å². The number of benzene rings is 2. The third-order valence-electron chi connectivity index (χ3n) is 5.51. The summed E-state index contributed by atoms with van der Waals surface area (Å²) in [4.78, 5) is 15.4. The fourth-order valence-electron chi connectivity index (χ4n) is 3.78. The van der Waals surface area contributed by atoms with Gasteiger partial charge in [0.05, 0.1) is 16.8 Å². The van der Waals surface area contributed by atoms with Crippen LogP contribution in [0.5, 0.6) is 0 Å². The lowest BCUT2D eigenvalue weighted by atomic mass is 10.0. The molecule has 1 unspecified atom stereocenters. The van der Waals surface area contributed by atoms with Gasteiger partial charge in [0.25, 0.3) is 5.91 Å². The molecular formula is C24H23ClN2O4S. The van der Waals surface area contributed by atoms with E-state index in [2.05, 4.69) is 19.0 Å². The molecular weight excluding hydrogens is 448 g/mol. The van der Waals surface area contributed by atoms with Gasteiger partial charge in [-0.15, -0.1) is 0 Å². The average Bonchev–Trinajstić information content (AvgIpc) is 3.30. The van der Waals surface area contributed by atoms with E-state index >= 15 is 0 Å². The molecule has 0 aliphatic carbocycles. The van der Waals surface area contributed by atoms with Crippen molar-refractivity contribution >= 4 is 33.0 Å². The summed E-state index contributed by atoms with van der Waals surface area (Å²) in [6, 6.07) is 14.0. The summed E-state index contributed by atoms with van der Waals surface area (Å²) in [5.74, 6) is 0.0736. The molecule has 6 nitrogen and oxygen atoms in total. The van der Waals surface area contributed by atoms with E-state index < -0.39 is 21.8 Å². The summed E-state index contributed by atoms with van der Waals surface area (Å²) in [5, 5.41) is 5.69. The molecule has 0 radical (unpaired) electrons. The van der Waals surface area contributed by atoms with Crippen molar-refractivity contribution in [2.24, 2.45) is 0 Å². The number of halogens is 1. The predicted molar refractivity (Wildman–Crippen MR) is 126 cm³/mol. The lowest BCUT2D eigenvalue weighted by Gasteiger charge is -2.28. The molecule has 0 saturated carbocycles. The van der Waals surface area contributed by atoms with Crippen molar-refractivity contribution in [2.45, 2.75) is 32.7 Å². The van der Waals surface area contributed by atoms with E-state index in [-0.39, 0.29) is 11.3 Å². The molecule has 2 aromatic carbocycles. The number of sulfone groups is 1. The van der Waals surface area contributed by atoms with Crippen molar-refractivity contribution in [3.8, 4) is 11.3 Å². The Hall–Kier alpha value is -2.90. The maximum atomic E-state index is 13.9. The van der Waals surface area contributed by atoms with Crippen LogP contribution >= 0.6 is 11.6 Å². The number of rotatable bonds is 5. The highest BCUT2D eigenvalue weighted by Crippen LogP contribution is 2.34. The van der Waals surface area contributed by atoms with E-state index in [1.54, 1.807) is 37.3 Å². The summed E-state index contributed by atoms with van der Waals surface area (Å²) in [5.41, 5.74) is 2.86. The van der Waals surface area contributed by atoms with Crippen LogP contribution < -0.4 is 4.90 Å². The highest BCUT2D eigenvalue weighted by molar-refractivity contribution is 7.94. The van der Waals surface area contributed by atoms with Gasteiger partial charge in [0.2, 0.25) is 0 Å². The van der Waals surface area contributed by atoms with Crippen LogP contribution in [-0.2, 0) is 9.84 Å². The van der Waals surface area contributed by atoms with Gasteiger partial charge in [0.1, 0.15) is 17.0 Å². The van der Waals surface area contributed by atoms with Crippen molar-refractivity contribution in [3.63, 3.8) is 0 Å². The molecule has 166 valence electrons. The van der Waals surface area contributed by atoms with Gasteiger partial charge in [-0.05, 0) is 42.7 Å². The highest BCUT2D eigenvalue weighted by atomic mass is 35.5. The van der Waals surface area contributed by atoms with E-state index in [0.717, 1.165) is 11.0 Å². The first-order valence-corrected chi connectivity index (χ1v) is 12.3. The van der Waals surface area contributed by atoms with Gasteiger partial charge in [0.15, 0.2) is 9.84 Å². The topological polar surface area (TPSA) is 80.5 Å². The van der Waals surface area contributed by atoms with E-state index in [0.29, 0.717) is 33.6 Å². The maximum absolute atomic E-state index is 13.9. The zero-order chi connectivity index (χ0) is 23.0. The summed E-state index contributed by atoms with van der Waals surface area (Å²) in [6.07, 6.45) is 1.54. The van der Waals surface area contributed by atoms with E-state index in [9.17, 15) is 13.2 Å². The van der Waals surface area contributed by atoms with Crippen molar-refractivity contribution in [1.82, 2.24) is 5.16 Å². The van der Waals surface area contributed by atoms with Crippen molar-refractivity contribution in [1.29, 1.82) is 0 Å². The SMILES string of the molecule is Cc1onc(-c2ccccc2Cl)c1C(=O)N(c1ccc(C(C)C)cc1)C1C=CS(=O)(=O)C1. The van der Waals surface area contributed by atoms with Gasteiger partial charge in [0, 0.05) is 16.7 Å². The third-order valence-corrected chi connectivity index (χ3v) is 7.21. The molecule has 1 amide bonds. The predicted octanol–water partition coefficient (Wildman–Crippen LogP) is 5.38. The van der Waals surface area contributed by atoms with Gasteiger partial charge in [-0.2, -0.15) is 0 Å². The Balaban J connectivity index is 1.83. The highest BCUT2D eigenvalue weighted by Gasteiger charge is 2.35. The van der Waals surface area contributed by atoms with E-state index in [1.807, 2.05) is 24.3 Å². The Morgan fingerprint density at radius 3 is 2.44 bits per heavy atom. The fraction of sp³-hybridized carbons (Fsp3) is 0.250. The molecule has 8 heteroatoms. The molecule has 1 aliphatic heterocycles. The molecule has 32 heavy (non-hydrogen) atoms. The van der Waals surface area contributed by atoms with E-state index in [1.165, 1.54) is 4.90 Å². The number of carbonyl (C=O) groups is 1. The first-order chi connectivity index (χ1) is 15.2.